The maximum Gasteiger partial charge on any atom is 0.282 e. The molecule has 0 saturated carbocycles. The molecule has 1 aromatic heterocycles. The lowest BCUT2D eigenvalue weighted by atomic mass is 10.4. The average Bonchev–Trinajstić information content (AvgIpc) is 2.47. The van der Waals surface area contributed by atoms with Crippen molar-refractivity contribution in [3.05, 3.63) is 22.1 Å². The van der Waals surface area contributed by atoms with Gasteiger partial charge in [0.25, 0.3) is 5.91 Å². The summed E-state index contributed by atoms with van der Waals surface area (Å²) in [5, 5.41) is 1.46. The van der Waals surface area contributed by atoms with Crippen molar-refractivity contribution in [2.24, 2.45) is 0 Å². The van der Waals surface area contributed by atoms with Crippen molar-refractivity contribution in [1.82, 2.24) is 10.9 Å². The molecule has 0 aliphatic heterocycles. The van der Waals surface area contributed by atoms with Gasteiger partial charge < -0.3 is 0 Å². The monoisotopic (exact) mass is 202 g/mol. The molecule has 6 heteroatoms. The van der Waals surface area contributed by atoms with Crippen LogP contribution in [0, 0.1) is 5.82 Å². The standard InChI is InChI=1S/C7H7FN2O2S/c1-4(11)9-10-7(12)6-5(8)2-3-13-6/h2-3H,1H3,(H,9,11)(H,10,12). The van der Waals surface area contributed by atoms with Crippen molar-refractivity contribution in [2.75, 3.05) is 0 Å². The number of rotatable bonds is 1. The summed E-state index contributed by atoms with van der Waals surface area (Å²) in [4.78, 5) is 21.4. The fourth-order valence-corrected chi connectivity index (χ4v) is 1.32. The Morgan fingerprint density at radius 2 is 2.15 bits per heavy atom. The van der Waals surface area contributed by atoms with E-state index in [0.717, 1.165) is 11.3 Å². The highest BCUT2D eigenvalue weighted by Gasteiger charge is 2.12. The number of hydrogen-bond donors (Lipinski definition) is 2. The van der Waals surface area contributed by atoms with Gasteiger partial charge in [-0.25, -0.2) is 4.39 Å². The second-order valence-electron chi connectivity index (χ2n) is 2.23. The molecule has 0 atom stereocenters. The SMILES string of the molecule is CC(=O)NNC(=O)c1sccc1F. The molecule has 0 radical (unpaired) electrons. The van der Waals surface area contributed by atoms with Gasteiger partial charge in [-0.1, -0.05) is 0 Å². The summed E-state index contributed by atoms with van der Waals surface area (Å²) in [7, 11) is 0. The molecule has 4 nitrogen and oxygen atoms in total. The number of carbonyl (C=O) groups is 2. The molecule has 0 unspecified atom stereocenters. The summed E-state index contributed by atoms with van der Waals surface area (Å²) in [5.41, 5.74) is 4.12. The third kappa shape index (κ3) is 2.51. The van der Waals surface area contributed by atoms with Gasteiger partial charge in [-0.3, -0.25) is 20.4 Å². The Morgan fingerprint density at radius 3 is 2.62 bits per heavy atom. The highest BCUT2D eigenvalue weighted by molar-refractivity contribution is 7.12. The van der Waals surface area contributed by atoms with Gasteiger partial charge in [-0.2, -0.15) is 0 Å². The predicted octanol–water partition coefficient (Wildman–Crippen LogP) is 0.668. The molecule has 0 aliphatic carbocycles. The van der Waals surface area contributed by atoms with Gasteiger partial charge in [0.15, 0.2) is 0 Å². The lowest BCUT2D eigenvalue weighted by molar-refractivity contribution is -0.119. The first-order valence-corrected chi connectivity index (χ1v) is 4.29. The smallest absolute Gasteiger partial charge is 0.274 e. The van der Waals surface area contributed by atoms with Crippen LogP contribution in [0.4, 0.5) is 4.39 Å². The maximum absolute atomic E-state index is 12.8. The Labute approximate surface area is 77.7 Å². The molecule has 0 aromatic carbocycles. The van der Waals surface area contributed by atoms with E-state index in [1.54, 1.807) is 0 Å². The first-order valence-electron chi connectivity index (χ1n) is 3.41. The molecular formula is C7H7FN2O2S. The number of nitrogens with one attached hydrogen (secondary N) is 2. The van der Waals surface area contributed by atoms with E-state index in [0.29, 0.717) is 0 Å². The highest BCUT2D eigenvalue weighted by atomic mass is 32.1. The summed E-state index contributed by atoms with van der Waals surface area (Å²) >= 11 is 0.971. The van der Waals surface area contributed by atoms with Crippen LogP contribution in [-0.2, 0) is 4.79 Å². The summed E-state index contributed by atoms with van der Waals surface area (Å²) in [6.07, 6.45) is 0. The zero-order valence-corrected chi connectivity index (χ0v) is 7.57. The van der Waals surface area contributed by atoms with E-state index in [1.165, 1.54) is 18.4 Å². The van der Waals surface area contributed by atoms with Crippen LogP contribution in [0.15, 0.2) is 11.4 Å². The number of halogens is 1. The lowest BCUT2D eigenvalue weighted by Crippen LogP contribution is -2.40. The minimum absolute atomic E-state index is 0.0475. The molecule has 70 valence electrons. The first kappa shape index (κ1) is 9.66. The van der Waals surface area contributed by atoms with Gasteiger partial charge in [0.05, 0.1) is 0 Å². The Morgan fingerprint density at radius 1 is 1.46 bits per heavy atom. The fourth-order valence-electron chi connectivity index (χ4n) is 0.657. The van der Waals surface area contributed by atoms with Gasteiger partial charge in [-0.15, -0.1) is 11.3 Å². The molecule has 1 heterocycles. The molecule has 2 amide bonds. The second-order valence-corrected chi connectivity index (χ2v) is 3.15. The van der Waals surface area contributed by atoms with Gasteiger partial charge in [0.2, 0.25) is 5.91 Å². The second kappa shape index (κ2) is 3.99. The minimum Gasteiger partial charge on any atom is -0.274 e. The Bertz CT molecular complexity index is 337. The van der Waals surface area contributed by atoms with Gasteiger partial charge >= 0.3 is 0 Å². The van der Waals surface area contributed by atoms with E-state index in [9.17, 15) is 14.0 Å². The van der Waals surface area contributed by atoms with Crippen LogP contribution in [0.1, 0.15) is 16.6 Å². The van der Waals surface area contributed by atoms with E-state index in [-0.39, 0.29) is 4.88 Å². The predicted molar refractivity (Wildman–Crippen MR) is 45.6 cm³/mol. The van der Waals surface area contributed by atoms with E-state index in [4.69, 9.17) is 0 Å². The number of hydrogen-bond acceptors (Lipinski definition) is 3. The van der Waals surface area contributed by atoms with Crippen LogP contribution in [0.3, 0.4) is 0 Å². The molecule has 0 saturated heterocycles. The van der Waals surface area contributed by atoms with Crippen molar-refractivity contribution >= 4 is 23.2 Å². The van der Waals surface area contributed by atoms with Crippen molar-refractivity contribution in [3.63, 3.8) is 0 Å². The van der Waals surface area contributed by atoms with E-state index in [1.807, 2.05) is 0 Å². The van der Waals surface area contributed by atoms with Gasteiger partial charge in [-0.05, 0) is 11.4 Å². The normalized spacial score (nSPS) is 9.38. The van der Waals surface area contributed by atoms with Gasteiger partial charge in [0.1, 0.15) is 10.7 Å². The van der Waals surface area contributed by atoms with Crippen molar-refractivity contribution in [1.29, 1.82) is 0 Å². The van der Waals surface area contributed by atoms with Crippen LogP contribution in [0.2, 0.25) is 0 Å². The Kier molecular flexibility index (Phi) is 2.97. The topological polar surface area (TPSA) is 58.2 Å². The molecule has 0 bridgehead atoms. The number of carbonyl (C=O) groups excluding carboxylic acids is 2. The molecule has 0 spiro atoms. The zero-order chi connectivity index (χ0) is 9.84. The molecule has 1 aromatic rings. The minimum atomic E-state index is -0.650. The highest BCUT2D eigenvalue weighted by Crippen LogP contribution is 2.13. The summed E-state index contributed by atoms with van der Waals surface area (Å²) < 4.78 is 12.8. The summed E-state index contributed by atoms with van der Waals surface area (Å²) in [6.45, 7) is 1.24. The third-order valence-electron chi connectivity index (χ3n) is 1.18. The summed E-state index contributed by atoms with van der Waals surface area (Å²) in [6, 6.07) is 1.19. The number of hydrazine groups is 1. The van der Waals surface area contributed by atoms with E-state index >= 15 is 0 Å². The Balaban J connectivity index is 2.59. The molecule has 2 N–H and O–H groups in total. The molecule has 0 fully saturated rings. The third-order valence-corrected chi connectivity index (χ3v) is 2.06. The first-order chi connectivity index (χ1) is 6.11. The molecule has 0 aliphatic rings. The number of thiophene rings is 1. The molecular weight excluding hydrogens is 195 g/mol. The quantitative estimate of drug-likeness (QED) is 0.657. The van der Waals surface area contributed by atoms with Crippen LogP contribution in [0.25, 0.3) is 0 Å². The average molecular weight is 202 g/mol. The van der Waals surface area contributed by atoms with Crippen LogP contribution >= 0.6 is 11.3 Å². The molecule has 1 rings (SSSR count). The van der Waals surface area contributed by atoms with E-state index in [2.05, 4.69) is 10.9 Å². The van der Waals surface area contributed by atoms with E-state index < -0.39 is 17.6 Å². The fraction of sp³-hybridized carbons (Fsp3) is 0.143. The van der Waals surface area contributed by atoms with Crippen molar-refractivity contribution in [2.45, 2.75) is 6.92 Å². The van der Waals surface area contributed by atoms with Crippen molar-refractivity contribution < 1.29 is 14.0 Å². The lowest BCUT2D eigenvalue weighted by Gasteiger charge is -2.02. The number of amides is 2. The van der Waals surface area contributed by atoms with Crippen molar-refractivity contribution in [3.8, 4) is 0 Å². The van der Waals surface area contributed by atoms with Crippen LogP contribution < -0.4 is 10.9 Å². The zero-order valence-electron chi connectivity index (χ0n) is 6.76. The van der Waals surface area contributed by atoms with Gasteiger partial charge in [0, 0.05) is 6.92 Å². The maximum atomic E-state index is 12.8. The van der Waals surface area contributed by atoms with Crippen LogP contribution in [0.5, 0.6) is 0 Å². The molecule has 13 heavy (non-hydrogen) atoms. The largest absolute Gasteiger partial charge is 0.282 e. The van der Waals surface area contributed by atoms with Crippen LogP contribution in [-0.4, -0.2) is 11.8 Å². The summed E-state index contributed by atoms with van der Waals surface area (Å²) in [5.74, 6) is -1.65. The Hall–Kier alpha value is -1.43.